The lowest BCUT2D eigenvalue weighted by molar-refractivity contribution is -0.121. The first-order valence-electron chi connectivity index (χ1n) is 3.95. The Labute approximate surface area is 66.6 Å². The number of carbonyl (C=O) groups excluding carboxylic acids is 1. The summed E-state index contributed by atoms with van der Waals surface area (Å²) in [5, 5.41) is 3.13. The largest absolute Gasteiger partial charge is 0.369 e. The van der Waals surface area contributed by atoms with Gasteiger partial charge in [0.2, 0.25) is 5.91 Å². The Morgan fingerprint density at radius 2 is 2.36 bits per heavy atom. The molecule has 1 atom stereocenters. The van der Waals surface area contributed by atoms with Crippen LogP contribution < -0.4 is 11.1 Å². The summed E-state index contributed by atoms with van der Waals surface area (Å²) in [7, 11) is 0. The maximum atomic E-state index is 10.8. The van der Waals surface area contributed by atoms with Gasteiger partial charge in [0.1, 0.15) is 0 Å². The van der Waals surface area contributed by atoms with Gasteiger partial charge in [-0.3, -0.25) is 4.79 Å². The SMILES string of the molecule is NC(=O)[C@H]1CCC=CCNC1. The van der Waals surface area contributed by atoms with Gasteiger partial charge in [-0.15, -0.1) is 0 Å². The number of nitrogens with two attached hydrogens (primary N) is 1. The lowest BCUT2D eigenvalue weighted by Gasteiger charge is -2.14. The van der Waals surface area contributed by atoms with Gasteiger partial charge < -0.3 is 11.1 Å². The van der Waals surface area contributed by atoms with Crippen molar-refractivity contribution in [1.29, 1.82) is 0 Å². The molecule has 3 heteroatoms. The van der Waals surface area contributed by atoms with Gasteiger partial charge in [0, 0.05) is 13.1 Å². The van der Waals surface area contributed by atoms with Crippen LogP contribution in [0.1, 0.15) is 12.8 Å². The van der Waals surface area contributed by atoms with Gasteiger partial charge in [0.15, 0.2) is 0 Å². The maximum Gasteiger partial charge on any atom is 0.221 e. The van der Waals surface area contributed by atoms with Gasteiger partial charge >= 0.3 is 0 Å². The van der Waals surface area contributed by atoms with Crippen LogP contribution in [0.25, 0.3) is 0 Å². The first-order valence-corrected chi connectivity index (χ1v) is 3.95. The average Bonchev–Trinajstić information content (AvgIpc) is 1.84. The van der Waals surface area contributed by atoms with Crippen molar-refractivity contribution in [3.63, 3.8) is 0 Å². The predicted octanol–water partition coefficient (Wildman–Crippen LogP) is 0.0275. The smallest absolute Gasteiger partial charge is 0.221 e. The molecule has 0 aliphatic carbocycles. The van der Waals surface area contributed by atoms with E-state index < -0.39 is 0 Å². The topological polar surface area (TPSA) is 55.1 Å². The molecule has 0 saturated carbocycles. The van der Waals surface area contributed by atoms with Crippen molar-refractivity contribution in [1.82, 2.24) is 5.32 Å². The molecule has 11 heavy (non-hydrogen) atoms. The first kappa shape index (κ1) is 8.27. The Kier molecular flexibility index (Phi) is 3.11. The minimum Gasteiger partial charge on any atom is -0.369 e. The average molecular weight is 154 g/mol. The van der Waals surface area contributed by atoms with Crippen LogP contribution in [0.2, 0.25) is 0 Å². The van der Waals surface area contributed by atoms with E-state index in [2.05, 4.69) is 17.5 Å². The summed E-state index contributed by atoms with van der Waals surface area (Å²) in [5.74, 6) is -0.173. The summed E-state index contributed by atoms with van der Waals surface area (Å²) in [4.78, 5) is 10.8. The fraction of sp³-hybridized carbons (Fsp3) is 0.625. The second-order valence-corrected chi connectivity index (χ2v) is 2.81. The van der Waals surface area contributed by atoms with Crippen LogP contribution in [0.15, 0.2) is 12.2 Å². The molecule has 1 aliphatic heterocycles. The highest BCUT2D eigenvalue weighted by molar-refractivity contribution is 5.76. The lowest BCUT2D eigenvalue weighted by Crippen LogP contribution is -2.33. The van der Waals surface area contributed by atoms with E-state index in [-0.39, 0.29) is 11.8 Å². The molecular weight excluding hydrogens is 140 g/mol. The van der Waals surface area contributed by atoms with Crippen molar-refractivity contribution in [3.05, 3.63) is 12.2 Å². The van der Waals surface area contributed by atoms with E-state index in [0.717, 1.165) is 25.9 Å². The van der Waals surface area contributed by atoms with Crippen LogP contribution in [-0.2, 0) is 4.79 Å². The highest BCUT2D eigenvalue weighted by atomic mass is 16.1. The number of primary amides is 1. The minimum atomic E-state index is -0.187. The van der Waals surface area contributed by atoms with E-state index in [4.69, 9.17) is 5.73 Å². The number of hydrogen-bond acceptors (Lipinski definition) is 2. The summed E-state index contributed by atoms with van der Waals surface area (Å²) in [6.45, 7) is 1.57. The number of nitrogens with one attached hydrogen (secondary N) is 1. The van der Waals surface area contributed by atoms with Crippen molar-refractivity contribution < 1.29 is 4.79 Å². The van der Waals surface area contributed by atoms with Gasteiger partial charge in [0.05, 0.1) is 5.92 Å². The van der Waals surface area contributed by atoms with Crippen LogP contribution in [0.3, 0.4) is 0 Å². The van der Waals surface area contributed by atoms with Crippen molar-refractivity contribution in [2.75, 3.05) is 13.1 Å². The molecule has 0 unspecified atom stereocenters. The zero-order valence-electron chi connectivity index (χ0n) is 6.55. The lowest BCUT2D eigenvalue weighted by atomic mass is 10.0. The zero-order valence-corrected chi connectivity index (χ0v) is 6.55. The van der Waals surface area contributed by atoms with E-state index >= 15 is 0 Å². The molecule has 0 spiro atoms. The number of allylic oxidation sites excluding steroid dienone is 1. The zero-order chi connectivity index (χ0) is 8.10. The van der Waals surface area contributed by atoms with Crippen LogP contribution in [-0.4, -0.2) is 19.0 Å². The fourth-order valence-corrected chi connectivity index (χ4v) is 1.18. The van der Waals surface area contributed by atoms with Crippen molar-refractivity contribution in [2.24, 2.45) is 11.7 Å². The van der Waals surface area contributed by atoms with Crippen molar-refractivity contribution in [2.45, 2.75) is 12.8 Å². The van der Waals surface area contributed by atoms with Gasteiger partial charge in [-0.25, -0.2) is 0 Å². The molecule has 1 rings (SSSR count). The number of rotatable bonds is 1. The van der Waals surface area contributed by atoms with Gasteiger partial charge in [-0.1, -0.05) is 12.2 Å². The molecule has 0 saturated heterocycles. The van der Waals surface area contributed by atoms with Crippen molar-refractivity contribution in [3.8, 4) is 0 Å². The van der Waals surface area contributed by atoms with Crippen LogP contribution in [0.5, 0.6) is 0 Å². The van der Waals surface area contributed by atoms with E-state index in [1.54, 1.807) is 0 Å². The van der Waals surface area contributed by atoms with E-state index in [0.29, 0.717) is 0 Å². The minimum absolute atomic E-state index is 0.0138. The maximum absolute atomic E-state index is 10.8. The Hall–Kier alpha value is -0.830. The molecule has 0 aromatic rings. The van der Waals surface area contributed by atoms with Crippen molar-refractivity contribution >= 4 is 5.91 Å². The van der Waals surface area contributed by atoms with Crippen LogP contribution in [0, 0.1) is 5.92 Å². The van der Waals surface area contributed by atoms with Crippen LogP contribution >= 0.6 is 0 Å². The molecule has 0 radical (unpaired) electrons. The summed E-state index contributed by atoms with van der Waals surface area (Å²) in [5.41, 5.74) is 5.18. The number of carbonyl (C=O) groups is 1. The molecule has 1 aliphatic rings. The summed E-state index contributed by atoms with van der Waals surface area (Å²) >= 11 is 0. The highest BCUT2D eigenvalue weighted by Gasteiger charge is 2.13. The molecule has 3 N–H and O–H groups in total. The second-order valence-electron chi connectivity index (χ2n) is 2.81. The quantitative estimate of drug-likeness (QED) is 0.523. The Bertz CT molecular complexity index is 165. The molecule has 0 aromatic carbocycles. The van der Waals surface area contributed by atoms with E-state index in [9.17, 15) is 4.79 Å². The molecule has 0 bridgehead atoms. The third kappa shape index (κ3) is 2.72. The molecule has 62 valence electrons. The molecule has 0 fully saturated rings. The van der Waals surface area contributed by atoms with Gasteiger partial charge in [0.25, 0.3) is 0 Å². The number of amides is 1. The van der Waals surface area contributed by atoms with E-state index in [1.165, 1.54) is 0 Å². The number of hydrogen-bond donors (Lipinski definition) is 2. The van der Waals surface area contributed by atoms with Crippen LogP contribution in [0.4, 0.5) is 0 Å². The molecule has 0 aromatic heterocycles. The van der Waals surface area contributed by atoms with E-state index in [1.807, 2.05) is 0 Å². The highest BCUT2D eigenvalue weighted by Crippen LogP contribution is 2.06. The standard InChI is InChI=1S/C8H14N2O/c9-8(11)7-4-2-1-3-5-10-6-7/h1,3,7,10H,2,4-6H2,(H2,9,11)/t7-/m0/s1. The van der Waals surface area contributed by atoms with Gasteiger partial charge in [-0.05, 0) is 12.8 Å². The monoisotopic (exact) mass is 154 g/mol. The molecule has 3 nitrogen and oxygen atoms in total. The third-order valence-electron chi connectivity index (χ3n) is 1.90. The fourth-order valence-electron chi connectivity index (χ4n) is 1.18. The summed E-state index contributed by atoms with van der Waals surface area (Å²) < 4.78 is 0. The molecule has 1 heterocycles. The molecule has 1 amide bonds. The Balaban J connectivity index is 2.42. The third-order valence-corrected chi connectivity index (χ3v) is 1.90. The summed E-state index contributed by atoms with van der Waals surface area (Å²) in [6.07, 6.45) is 6.01. The Morgan fingerprint density at radius 3 is 3.09 bits per heavy atom. The molecular formula is C8H14N2O. The second kappa shape index (κ2) is 4.13. The Morgan fingerprint density at radius 1 is 1.55 bits per heavy atom. The van der Waals surface area contributed by atoms with Gasteiger partial charge in [-0.2, -0.15) is 0 Å². The normalized spacial score (nSPS) is 25.6. The summed E-state index contributed by atoms with van der Waals surface area (Å²) in [6, 6.07) is 0. The first-order chi connectivity index (χ1) is 5.30. The predicted molar refractivity (Wildman–Crippen MR) is 43.9 cm³/mol.